The zero-order valence-corrected chi connectivity index (χ0v) is 13.3. The van der Waals surface area contributed by atoms with Crippen LogP contribution in [0.3, 0.4) is 0 Å². The van der Waals surface area contributed by atoms with Crippen molar-refractivity contribution in [3.8, 4) is 0 Å². The minimum Gasteiger partial charge on any atom is -0.316 e. The lowest BCUT2D eigenvalue weighted by molar-refractivity contribution is 0.0709. The molecule has 3 atom stereocenters. The minimum atomic E-state index is 0.875. The molecular weight excluding hydrogens is 246 g/mol. The normalized spacial score (nSPS) is 36.1. The third-order valence-electron chi connectivity index (χ3n) is 5.78. The fraction of sp³-hybridized carbons (Fsp3) is 1.00. The van der Waals surface area contributed by atoms with Crippen LogP contribution < -0.4 is 5.32 Å². The first-order valence-corrected chi connectivity index (χ1v) is 9.07. The van der Waals surface area contributed by atoms with E-state index in [9.17, 15) is 0 Å². The number of piperidine rings is 1. The van der Waals surface area contributed by atoms with Gasteiger partial charge in [0.15, 0.2) is 0 Å². The number of likely N-dealkylation sites (tertiary alicyclic amines) is 2. The van der Waals surface area contributed by atoms with E-state index in [4.69, 9.17) is 0 Å². The molecule has 1 aliphatic carbocycles. The van der Waals surface area contributed by atoms with Gasteiger partial charge in [-0.3, -0.25) is 9.80 Å². The third-order valence-corrected chi connectivity index (χ3v) is 5.78. The molecule has 2 saturated heterocycles. The predicted molar refractivity (Wildman–Crippen MR) is 85.1 cm³/mol. The van der Waals surface area contributed by atoms with Crippen LogP contribution in [0.15, 0.2) is 0 Å². The van der Waals surface area contributed by atoms with Crippen LogP contribution in [0.5, 0.6) is 0 Å². The van der Waals surface area contributed by atoms with E-state index in [0.717, 1.165) is 18.0 Å². The quantitative estimate of drug-likeness (QED) is 0.753. The molecule has 0 bridgehead atoms. The molecule has 1 N–H and O–H groups in total. The van der Waals surface area contributed by atoms with Crippen LogP contribution in [0.4, 0.5) is 0 Å². The Hall–Kier alpha value is -0.120. The Morgan fingerprint density at radius 3 is 2.50 bits per heavy atom. The molecular formula is C17H33N3. The number of rotatable bonds is 6. The van der Waals surface area contributed by atoms with E-state index < -0.39 is 0 Å². The summed E-state index contributed by atoms with van der Waals surface area (Å²) in [5.74, 6) is 0.932. The predicted octanol–water partition coefficient (Wildman–Crippen LogP) is 2.32. The second-order valence-corrected chi connectivity index (χ2v) is 7.14. The second-order valence-electron chi connectivity index (χ2n) is 7.14. The van der Waals surface area contributed by atoms with Gasteiger partial charge in [0.25, 0.3) is 0 Å². The molecule has 3 aliphatic rings. The Balaban J connectivity index is 1.42. The molecule has 3 heteroatoms. The largest absolute Gasteiger partial charge is 0.316 e. The summed E-state index contributed by atoms with van der Waals surface area (Å²) in [5, 5.41) is 3.63. The van der Waals surface area contributed by atoms with Gasteiger partial charge in [0, 0.05) is 25.2 Å². The maximum absolute atomic E-state index is 3.63. The minimum absolute atomic E-state index is 0.875. The summed E-state index contributed by atoms with van der Waals surface area (Å²) in [6, 6.07) is 1.77. The highest BCUT2D eigenvalue weighted by atomic mass is 15.3. The standard InChI is InChI=1S/C17H33N3/c1-2-9-18-13-15-6-7-17(15)20-12-8-16(14-20)19-10-4-3-5-11-19/h15-18H,2-14H2,1H3. The van der Waals surface area contributed by atoms with Gasteiger partial charge in [-0.15, -0.1) is 0 Å². The van der Waals surface area contributed by atoms with Crippen LogP contribution in [-0.2, 0) is 0 Å². The van der Waals surface area contributed by atoms with Crippen molar-refractivity contribution in [2.24, 2.45) is 5.92 Å². The van der Waals surface area contributed by atoms with Crippen molar-refractivity contribution >= 4 is 0 Å². The molecule has 3 fully saturated rings. The average Bonchev–Trinajstić information content (AvgIpc) is 2.92. The summed E-state index contributed by atoms with van der Waals surface area (Å²) in [7, 11) is 0. The highest BCUT2D eigenvalue weighted by Crippen LogP contribution is 2.34. The summed E-state index contributed by atoms with van der Waals surface area (Å²) < 4.78 is 0. The molecule has 0 aromatic rings. The van der Waals surface area contributed by atoms with Crippen molar-refractivity contribution in [3.05, 3.63) is 0 Å². The summed E-state index contributed by atoms with van der Waals surface area (Å²) in [6.07, 6.45) is 9.91. The molecule has 2 aliphatic heterocycles. The lowest BCUT2D eigenvalue weighted by Gasteiger charge is -2.43. The van der Waals surface area contributed by atoms with E-state index in [-0.39, 0.29) is 0 Å². The Morgan fingerprint density at radius 1 is 0.950 bits per heavy atom. The van der Waals surface area contributed by atoms with Gasteiger partial charge in [0.05, 0.1) is 0 Å². The molecule has 20 heavy (non-hydrogen) atoms. The van der Waals surface area contributed by atoms with E-state index in [1.54, 1.807) is 0 Å². The van der Waals surface area contributed by atoms with E-state index in [1.165, 1.54) is 84.2 Å². The van der Waals surface area contributed by atoms with Crippen molar-refractivity contribution in [3.63, 3.8) is 0 Å². The zero-order valence-electron chi connectivity index (χ0n) is 13.3. The van der Waals surface area contributed by atoms with Gasteiger partial charge in [0.1, 0.15) is 0 Å². The highest BCUT2D eigenvalue weighted by molar-refractivity contribution is 4.95. The van der Waals surface area contributed by atoms with Crippen molar-refractivity contribution in [1.82, 2.24) is 15.1 Å². The van der Waals surface area contributed by atoms with Gasteiger partial charge < -0.3 is 5.32 Å². The third kappa shape index (κ3) is 3.37. The van der Waals surface area contributed by atoms with Crippen molar-refractivity contribution in [1.29, 1.82) is 0 Å². The van der Waals surface area contributed by atoms with E-state index in [0.29, 0.717) is 0 Å². The van der Waals surface area contributed by atoms with Crippen LogP contribution >= 0.6 is 0 Å². The van der Waals surface area contributed by atoms with Crippen LogP contribution in [0.25, 0.3) is 0 Å². The average molecular weight is 279 g/mol. The van der Waals surface area contributed by atoms with Crippen LogP contribution in [0, 0.1) is 5.92 Å². The van der Waals surface area contributed by atoms with Gasteiger partial charge in [-0.2, -0.15) is 0 Å². The summed E-state index contributed by atoms with van der Waals surface area (Å²) in [5.41, 5.74) is 0. The molecule has 0 aromatic carbocycles. The first kappa shape index (κ1) is 14.8. The van der Waals surface area contributed by atoms with Crippen LogP contribution in [-0.4, -0.2) is 61.2 Å². The lowest BCUT2D eigenvalue weighted by atomic mass is 9.78. The summed E-state index contributed by atoms with van der Waals surface area (Å²) >= 11 is 0. The fourth-order valence-corrected chi connectivity index (χ4v) is 4.39. The summed E-state index contributed by atoms with van der Waals surface area (Å²) in [4.78, 5) is 5.60. The molecule has 0 aromatic heterocycles. The van der Waals surface area contributed by atoms with Gasteiger partial charge in [-0.05, 0) is 70.6 Å². The van der Waals surface area contributed by atoms with Crippen LogP contribution in [0.2, 0.25) is 0 Å². The Bertz CT molecular complexity index is 288. The van der Waals surface area contributed by atoms with E-state index >= 15 is 0 Å². The zero-order chi connectivity index (χ0) is 13.8. The lowest BCUT2D eigenvalue weighted by Crippen LogP contribution is -2.51. The molecule has 1 saturated carbocycles. The number of hydrogen-bond acceptors (Lipinski definition) is 3. The molecule has 3 nitrogen and oxygen atoms in total. The maximum atomic E-state index is 3.63. The Morgan fingerprint density at radius 2 is 1.80 bits per heavy atom. The van der Waals surface area contributed by atoms with Gasteiger partial charge in [-0.1, -0.05) is 13.3 Å². The van der Waals surface area contributed by atoms with Crippen molar-refractivity contribution < 1.29 is 0 Å². The highest BCUT2D eigenvalue weighted by Gasteiger charge is 2.39. The fourth-order valence-electron chi connectivity index (χ4n) is 4.39. The Kier molecular flexibility index (Phi) is 5.36. The second kappa shape index (κ2) is 7.24. The monoisotopic (exact) mass is 279 g/mol. The van der Waals surface area contributed by atoms with Gasteiger partial charge >= 0.3 is 0 Å². The topological polar surface area (TPSA) is 18.5 Å². The molecule has 3 unspecified atom stereocenters. The van der Waals surface area contributed by atoms with Crippen molar-refractivity contribution in [2.75, 3.05) is 39.3 Å². The molecule has 0 amide bonds. The first-order valence-electron chi connectivity index (χ1n) is 9.07. The SMILES string of the molecule is CCCNCC1CCC1N1CCC(N2CCCCC2)C1. The number of nitrogens with one attached hydrogen (secondary N) is 1. The maximum Gasteiger partial charge on any atom is 0.0235 e. The van der Waals surface area contributed by atoms with E-state index in [2.05, 4.69) is 22.0 Å². The molecule has 116 valence electrons. The molecule has 0 radical (unpaired) electrons. The molecule has 2 heterocycles. The van der Waals surface area contributed by atoms with Gasteiger partial charge in [0.2, 0.25) is 0 Å². The first-order chi connectivity index (χ1) is 9.88. The van der Waals surface area contributed by atoms with Crippen LogP contribution in [0.1, 0.15) is 51.9 Å². The van der Waals surface area contributed by atoms with Crippen molar-refractivity contribution in [2.45, 2.75) is 64.0 Å². The molecule has 0 spiro atoms. The molecule has 3 rings (SSSR count). The number of nitrogens with zero attached hydrogens (tertiary/aromatic N) is 2. The van der Waals surface area contributed by atoms with E-state index in [1.807, 2.05) is 0 Å². The smallest absolute Gasteiger partial charge is 0.0235 e. The van der Waals surface area contributed by atoms with Gasteiger partial charge in [-0.25, -0.2) is 0 Å². The Labute approximate surface area is 125 Å². The summed E-state index contributed by atoms with van der Waals surface area (Å²) in [6.45, 7) is 10.2. The number of hydrogen-bond donors (Lipinski definition) is 1.